The molecule has 0 unspecified atom stereocenters. The van der Waals surface area contributed by atoms with Gasteiger partial charge in [0, 0.05) is 55.5 Å². The molecule has 0 radical (unpaired) electrons. The van der Waals surface area contributed by atoms with Crippen LogP contribution in [-0.2, 0) is 7.05 Å². The standard InChI is InChI=1S/C24H27FN4O2/c1-27-15-18-4-2-10-29(24(30)21(18)16-27)11-3-9-28-12-7-17(8-13-28)23-20-6-5-19(25)14-22(20)31-26-23/h2,4-6,14-17H,3,7-13H2,1H3. The molecule has 6 nitrogen and oxygen atoms in total. The number of rotatable bonds is 5. The van der Waals surface area contributed by atoms with Crippen LogP contribution in [0.5, 0.6) is 0 Å². The Hall–Kier alpha value is -2.93. The molecule has 2 aliphatic heterocycles. The highest BCUT2D eigenvalue weighted by atomic mass is 19.1. The van der Waals surface area contributed by atoms with Gasteiger partial charge in [0.2, 0.25) is 0 Å². The van der Waals surface area contributed by atoms with Crippen LogP contribution in [0.15, 0.2) is 41.2 Å². The summed E-state index contributed by atoms with van der Waals surface area (Å²) in [5, 5.41) is 5.16. The SMILES string of the molecule is Cn1cc2c(c1)C(=O)N(CCCN1CCC(c3noc4cc(F)ccc34)CC1)CC=C2. The van der Waals surface area contributed by atoms with E-state index in [1.165, 1.54) is 12.1 Å². The molecular weight excluding hydrogens is 395 g/mol. The molecule has 162 valence electrons. The van der Waals surface area contributed by atoms with Crippen molar-refractivity contribution < 1.29 is 13.7 Å². The first-order chi connectivity index (χ1) is 15.1. The molecule has 0 N–H and O–H groups in total. The summed E-state index contributed by atoms with van der Waals surface area (Å²) in [6.07, 6.45) is 11.0. The molecule has 5 rings (SSSR count). The van der Waals surface area contributed by atoms with Crippen molar-refractivity contribution in [3.8, 4) is 0 Å². The fourth-order valence-corrected chi connectivity index (χ4v) is 4.81. The predicted octanol–water partition coefficient (Wildman–Crippen LogP) is 4.04. The summed E-state index contributed by atoms with van der Waals surface area (Å²) in [6.45, 7) is 4.40. The number of carbonyl (C=O) groups excluding carboxylic acids is 1. The highest BCUT2D eigenvalue weighted by molar-refractivity contribution is 5.98. The molecule has 2 aromatic heterocycles. The highest BCUT2D eigenvalue weighted by Crippen LogP contribution is 2.32. The zero-order valence-corrected chi connectivity index (χ0v) is 17.8. The normalized spacial score (nSPS) is 18.0. The molecule has 0 bridgehead atoms. The van der Waals surface area contributed by atoms with Crippen molar-refractivity contribution in [3.63, 3.8) is 0 Å². The number of piperidine rings is 1. The number of aryl methyl sites for hydroxylation is 1. The molecule has 0 spiro atoms. The lowest BCUT2D eigenvalue weighted by Crippen LogP contribution is -2.37. The largest absolute Gasteiger partial charge is 0.356 e. The van der Waals surface area contributed by atoms with Gasteiger partial charge in [-0.2, -0.15) is 0 Å². The van der Waals surface area contributed by atoms with Gasteiger partial charge in [0.15, 0.2) is 5.58 Å². The Labute approximate surface area is 180 Å². The minimum Gasteiger partial charge on any atom is -0.356 e. The van der Waals surface area contributed by atoms with Gasteiger partial charge in [-0.1, -0.05) is 17.3 Å². The Bertz CT molecular complexity index is 1120. The van der Waals surface area contributed by atoms with E-state index in [-0.39, 0.29) is 11.7 Å². The molecule has 31 heavy (non-hydrogen) atoms. The molecular formula is C24H27FN4O2. The molecule has 4 heterocycles. The van der Waals surface area contributed by atoms with Crippen LogP contribution in [0.4, 0.5) is 4.39 Å². The maximum atomic E-state index is 13.4. The van der Waals surface area contributed by atoms with Gasteiger partial charge in [-0.3, -0.25) is 4.79 Å². The molecule has 3 aromatic rings. The van der Waals surface area contributed by atoms with E-state index in [1.807, 2.05) is 35.0 Å². The van der Waals surface area contributed by atoms with Crippen molar-refractivity contribution >= 4 is 23.0 Å². The number of benzene rings is 1. The van der Waals surface area contributed by atoms with Gasteiger partial charge in [0.1, 0.15) is 5.82 Å². The number of aromatic nitrogens is 2. The first kappa shape index (κ1) is 20.0. The van der Waals surface area contributed by atoms with Crippen LogP contribution >= 0.6 is 0 Å². The van der Waals surface area contributed by atoms with Crippen molar-refractivity contribution in [1.82, 2.24) is 19.5 Å². The summed E-state index contributed by atoms with van der Waals surface area (Å²) in [5.41, 5.74) is 3.27. The molecule has 0 aliphatic carbocycles. The molecule has 1 saturated heterocycles. The van der Waals surface area contributed by atoms with Gasteiger partial charge < -0.3 is 18.9 Å². The number of carbonyl (C=O) groups is 1. The summed E-state index contributed by atoms with van der Waals surface area (Å²) >= 11 is 0. The fourth-order valence-electron chi connectivity index (χ4n) is 4.81. The van der Waals surface area contributed by atoms with Gasteiger partial charge in [0.05, 0.1) is 11.3 Å². The summed E-state index contributed by atoms with van der Waals surface area (Å²) < 4.78 is 20.7. The van der Waals surface area contributed by atoms with Gasteiger partial charge in [0.25, 0.3) is 5.91 Å². The van der Waals surface area contributed by atoms with Crippen LogP contribution in [0.25, 0.3) is 17.0 Å². The van der Waals surface area contributed by atoms with E-state index in [1.54, 1.807) is 6.07 Å². The second-order valence-electron chi connectivity index (χ2n) is 8.62. The van der Waals surface area contributed by atoms with Crippen LogP contribution in [0.2, 0.25) is 0 Å². The third-order valence-corrected chi connectivity index (χ3v) is 6.47. The van der Waals surface area contributed by atoms with E-state index >= 15 is 0 Å². The van der Waals surface area contributed by atoms with Crippen molar-refractivity contribution in [3.05, 3.63) is 59.3 Å². The van der Waals surface area contributed by atoms with Crippen LogP contribution in [0, 0.1) is 5.82 Å². The lowest BCUT2D eigenvalue weighted by molar-refractivity contribution is 0.0766. The summed E-state index contributed by atoms with van der Waals surface area (Å²) in [6, 6.07) is 4.64. The average molecular weight is 423 g/mol. The summed E-state index contributed by atoms with van der Waals surface area (Å²) in [7, 11) is 1.95. The molecule has 1 amide bonds. The minimum atomic E-state index is -0.299. The summed E-state index contributed by atoms with van der Waals surface area (Å²) in [5.74, 6) is 0.164. The number of halogens is 1. The van der Waals surface area contributed by atoms with Crippen molar-refractivity contribution in [2.45, 2.75) is 25.2 Å². The predicted molar refractivity (Wildman–Crippen MR) is 117 cm³/mol. The number of hydrogen-bond acceptors (Lipinski definition) is 4. The topological polar surface area (TPSA) is 54.5 Å². The monoisotopic (exact) mass is 422 g/mol. The zero-order chi connectivity index (χ0) is 21.4. The third kappa shape index (κ3) is 4.02. The molecule has 2 aliphatic rings. The fraction of sp³-hybridized carbons (Fsp3) is 0.417. The molecule has 7 heteroatoms. The molecule has 1 fully saturated rings. The Balaban J connectivity index is 1.13. The van der Waals surface area contributed by atoms with Crippen molar-refractivity contribution in [2.75, 3.05) is 32.7 Å². The van der Waals surface area contributed by atoms with Crippen molar-refractivity contribution in [1.29, 1.82) is 0 Å². The van der Waals surface area contributed by atoms with Crippen LogP contribution in [-0.4, -0.2) is 58.2 Å². The van der Waals surface area contributed by atoms with Crippen LogP contribution in [0.3, 0.4) is 0 Å². The second-order valence-corrected chi connectivity index (χ2v) is 8.62. The van der Waals surface area contributed by atoms with Gasteiger partial charge in [-0.05, 0) is 51.0 Å². The Morgan fingerprint density at radius 1 is 1.19 bits per heavy atom. The zero-order valence-electron chi connectivity index (χ0n) is 17.8. The quantitative estimate of drug-likeness (QED) is 0.623. The maximum Gasteiger partial charge on any atom is 0.256 e. The van der Waals surface area contributed by atoms with E-state index < -0.39 is 0 Å². The number of fused-ring (bicyclic) bond motifs is 2. The Kier molecular flexibility index (Phi) is 5.36. The summed E-state index contributed by atoms with van der Waals surface area (Å²) in [4.78, 5) is 17.3. The lowest BCUT2D eigenvalue weighted by Gasteiger charge is -2.31. The Morgan fingerprint density at radius 3 is 2.87 bits per heavy atom. The van der Waals surface area contributed by atoms with Gasteiger partial charge >= 0.3 is 0 Å². The highest BCUT2D eigenvalue weighted by Gasteiger charge is 2.26. The van der Waals surface area contributed by atoms with E-state index in [4.69, 9.17) is 4.52 Å². The van der Waals surface area contributed by atoms with Crippen LogP contribution in [0.1, 0.15) is 46.8 Å². The number of amides is 1. The molecule has 0 atom stereocenters. The van der Waals surface area contributed by atoms with Crippen LogP contribution < -0.4 is 0 Å². The molecule has 0 saturated carbocycles. The first-order valence-electron chi connectivity index (χ1n) is 11.0. The number of nitrogens with zero attached hydrogens (tertiary/aromatic N) is 4. The van der Waals surface area contributed by atoms with Gasteiger partial charge in [-0.25, -0.2) is 4.39 Å². The minimum absolute atomic E-state index is 0.119. The Morgan fingerprint density at radius 2 is 2.03 bits per heavy atom. The maximum absolute atomic E-state index is 13.4. The van der Waals surface area contributed by atoms with E-state index in [0.717, 1.165) is 67.6 Å². The van der Waals surface area contributed by atoms with E-state index in [0.29, 0.717) is 18.0 Å². The lowest BCUT2D eigenvalue weighted by atomic mass is 9.91. The van der Waals surface area contributed by atoms with Gasteiger partial charge in [-0.15, -0.1) is 0 Å². The average Bonchev–Trinajstić information content (AvgIpc) is 3.32. The number of likely N-dealkylation sites (tertiary alicyclic amines) is 1. The number of hydrogen-bond donors (Lipinski definition) is 0. The second kappa shape index (κ2) is 8.30. The smallest absolute Gasteiger partial charge is 0.256 e. The van der Waals surface area contributed by atoms with Crippen molar-refractivity contribution in [2.24, 2.45) is 7.05 Å². The molecule has 1 aromatic carbocycles. The van der Waals surface area contributed by atoms with E-state index in [2.05, 4.69) is 16.1 Å². The first-order valence-corrected chi connectivity index (χ1v) is 11.0. The van der Waals surface area contributed by atoms with E-state index in [9.17, 15) is 9.18 Å². The third-order valence-electron chi connectivity index (χ3n) is 6.47.